The van der Waals surface area contributed by atoms with Crippen molar-refractivity contribution in [1.29, 1.82) is 0 Å². The van der Waals surface area contributed by atoms with Gasteiger partial charge >= 0.3 is 0 Å². The molecule has 154 valence electrons. The Labute approximate surface area is 170 Å². The monoisotopic (exact) mass is 397 g/mol. The number of anilines is 1. The van der Waals surface area contributed by atoms with Crippen LogP contribution in [-0.4, -0.2) is 47.4 Å². The van der Waals surface area contributed by atoms with E-state index in [-0.39, 0.29) is 18.1 Å². The molecule has 1 aromatic carbocycles. The number of hydrogen-bond acceptors (Lipinski definition) is 6. The van der Waals surface area contributed by atoms with Gasteiger partial charge in [0, 0.05) is 25.2 Å². The number of amides is 1. The van der Waals surface area contributed by atoms with Crippen molar-refractivity contribution >= 4 is 11.7 Å². The fourth-order valence-electron chi connectivity index (χ4n) is 3.70. The van der Waals surface area contributed by atoms with Crippen LogP contribution in [0.2, 0.25) is 0 Å². The van der Waals surface area contributed by atoms with Crippen LogP contribution in [0.1, 0.15) is 42.5 Å². The summed E-state index contributed by atoms with van der Waals surface area (Å²) in [5.74, 6) is 2.11. The van der Waals surface area contributed by atoms with Crippen LogP contribution in [0.25, 0.3) is 0 Å². The number of pyridine rings is 1. The highest BCUT2D eigenvalue weighted by molar-refractivity contribution is 5.94. The Hall–Kier alpha value is -2.80. The first-order valence-corrected chi connectivity index (χ1v) is 10.2. The van der Waals surface area contributed by atoms with Gasteiger partial charge in [-0.05, 0) is 49.9 Å². The van der Waals surface area contributed by atoms with Crippen LogP contribution in [-0.2, 0) is 0 Å². The van der Waals surface area contributed by atoms with Gasteiger partial charge in [-0.1, -0.05) is 12.1 Å². The average Bonchev–Trinajstić information content (AvgIpc) is 2.76. The maximum atomic E-state index is 12.4. The lowest BCUT2D eigenvalue weighted by atomic mass is 9.93. The Morgan fingerprint density at radius 2 is 1.90 bits per heavy atom. The first-order valence-electron chi connectivity index (χ1n) is 10.2. The summed E-state index contributed by atoms with van der Waals surface area (Å²) in [6.45, 7) is 0.979. The van der Waals surface area contributed by atoms with Crippen LogP contribution in [0.5, 0.6) is 11.5 Å². The smallest absolute Gasteiger partial charge is 0.252 e. The highest BCUT2D eigenvalue weighted by Gasteiger charge is 2.21. The van der Waals surface area contributed by atoms with E-state index in [2.05, 4.69) is 15.6 Å². The molecule has 0 radical (unpaired) electrons. The zero-order chi connectivity index (χ0) is 20.1. The van der Waals surface area contributed by atoms with Gasteiger partial charge in [-0.25, -0.2) is 4.98 Å². The molecule has 7 nitrogen and oxygen atoms in total. The molecule has 2 aromatic rings. The molecule has 0 bridgehead atoms. The summed E-state index contributed by atoms with van der Waals surface area (Å²) in [4.78, 5) is 16.7. The van der Waals surface area contributed by atoms with E-state index in [4.69, 9.17) is 9.47 Å². The third-order valence-corrected chi connectivity index (χ3v) is 5.39. The van der Waals surface area contributed by atoms with Gasteiger partial charge in [0.1, 0.15) is 18.5 Å². The summed E-state index contributed by atoms with van der Waals surface area (Å²) >= 11 is 0. The summed E-state index contributed by atoms with van der Waals surface area (Å²) < 4.78 is 11.6. The van der Waals surface area contributed by atoms with Crippen molar-refractivity contribution in [2.24, 2.45) is 0 Å². The molecule has 7 heteroatoms. The summed E-state index contributed by atoms with van der Waals surface area (Å²) in [6, 6.07) is 11.5. The van der Waals surface area contributed by atoms with E-state index in [0.717, 1.165) is 43.0 Å². The second-order valence-corrected chi connectivity index (χ2v) is 7.62. The standard InChI is InChI=1S/C22H27N3O4/c26-17-8-6-16(7-9-17)25-21-10-5-15(13-24-21)22(27)23-12-11-18-14-28-19-3-1-2-4-20(19)29-18/h1-5,10,13,16-18,26H,6-9,11-12,14H2,(H,23,27)(H,24,25)/t16?,17?,18-/m0/s1. The van der Waals surface area contributed by atoms with E-state index in [1.165, 1.54) is 0 Å². The van der Waals surface area contributed by atoms with Crippen molar-refractivity contribution in [2.75, 3.05) is 18.5 Å². The molecule has 3 N–H and O–H groups in total. The highest BCUT2D eigenvalue weighted by atomic mass is 16.6. The van der Waals surface area contributed by atoms with Crippen LogP contribution in [0, 0.1) is 0 Å². The van der Waals surface area contributed by atoms with Crippen molar-refractivity contribution in [3.8, 4) is 11.5 Å². The van der Waals surface area contributed by atoms with Crippen molar-refractivity contribution < 1.29 is 19.4 Å². The molecule has 0 unspecified atom stereocenters. The molecule has 2 heterocycles. The lowest BCUT2D eigenvalue weighted by molar-refractivity contribution is 0.0812. The molecule has 1 fully saturated rings. The number of nitrogens with one attached hydrogen (secondary N) is 2. The van der Waals surface area contributed by atoms with E-state index in [0.29, 0.717) is 31.2 Å². The molecule has 0 saturated heterocycles. The summed E-state index contributed by atoms with van der Waals surface area (Å²) in [5.41, 5.74) is 0.528. The molecule has 29 heavy (non-hydrogen) atoms. The van der Waals surface area contributed by atoms with Gasteiger partial charge in [-0.2, -0.15) is 0 Å². The molecular weight excluding hydrogens is 370 g/mol. The van der Waals surface area contributed by atoms with E-state index < -0.39 is 0 Å². The van der Waals surface area contributed by atoms with Crippen LogP contribution in [0.4, 0.5) is 5.82 Å². The fourth-order valence-corrected chi connectivity index (χ4v) is 3.70. The first-order chi connectivity index (χ1) is 14.2. The normalized spacial score (nSPS) is 23.3. The first kappa shape index (κ1) is 19.5. The number of aromatic nitrogens is 1. The van der Waals surface area contributed by atoms with Crippen molar-refractivity contribution in [1.82, 2.24) is 10.3 Å². The highest BCUT2D eigenvalue weighted by Crippen LogP contribution is 2.31. The predicted molar refractivity (Wildman–Crippen MR) is 109 cm³/mol. The molecule has 1 aliphatic heterocycles. The molecule has 1 amide bonds. The van der Waals surface area contributed by atoms with Crippen molar-refractivity contribution in [3.05, 3.63) is 48.2 Å². The number of nitrogens with zero attached hydrogens (tertiary/aromatic N) is 1. The summed E-state index contributed by atoms with van der Waals surface area (Å²) in [6.07, 6.45) is 5.51. The topological polar surface area (TPSA) is 92.7 Å². The third kappa shape index (κ3) is 5.17. The third-order valence-electron chi connectivity index (χ3n) is 5.39. The lowest BCUT2D eigenvalue weighted by Crippen LogP contribution is -2.34. The van der Waals surface area contributed by atoms with Gasteiger partial charge in [0.15, 0.2) is 11.5 Å². The average molecular weight is 397 g/mol. The van der Waals surface area contributed by atoms with Crippen molar-refractivity contribution in [3.63, 3.8) is 0 Å². The lowest BCUT2D eigenvalue weighted by Gasteiger charge is -2.26. The molecule has 0 spiro atoms. The molecule has 1 saturated carbocycles. The Bertz CT molecular complexity index is 819. The van der Waals surface area contributed by atoms with Crippen LogP contribution < -0.4 is 20.1 Å². The number of aliphatic hydroxyl groups excluding tert-OH is 1. The maximum Gasteiger partial charge on any atom is 0.252 e. The Balaban J connectivity index is 1.21. The molecular formula is C22H27N3O4. The number of rotatable bonds is 6. The second kappa shape index (κ2) is 9.13. The predicted octanol–water partition coefficient (Wildman–Crippen LogP) is 2.76. The number of fused-ring (bicyclic) bond motifs is 1. The van der Waals surface area contributed by atoms with E-state index >= 15 is 0 Å². The van der Waals surface area contributed by atoms with Gasteiger partial charge in [0.2, 0.25) is 0 Å². The van der Waals surface area contributed by atoms with E-state index in [1.54, 1.807) is 12.3 Å². The Morgan fingerprint density at radius 3 is 2.66 bits per heavy atom. The molecule has 1 atom stereocenters. The molecule has 2 aliphatic rings. The van der Waals surface area contributed by atoms with Gasteiger partial charge in [-0.15, -0.1) is 0 Å². The number of para-hydroxylation sites is 2. The number of hydrogen-bond donors (Lipinski definition) is 3. The zero-order valence-corrected chi connectivity index (χ0v) is 16.3. The minimum atomic E-state index is -0.174. The van der Waals surface area contributed by atoms with E-state index in [1.807, 2.05) is 30.3 Å². The number of ether oxygens (including phenoxy) is 2. The molecule has 1 aliphatic carbocycles. The van der Waals surface area contributed by atoms with Crippen LogP contribution in [0.3, 0.4) is 0 Å². The van der Waals surface area contributed by atoms with E-state index in [9.17, 15) is 9.90 Å². The Kier molecular flexibility index (Phi) is 6.14. The maximum absolute atomic E-state index is 12.4. The van der Waals surface area contributed by atoms with Crippen LogP contribution in [0.15, 0.2) is 42.6 Å². The Morgan fingerprint density at radius 1 is 1.10 bits per heavy atom. The fraction of sp³-hybridized carbons (Fsp3) is 0.455. The van der Waals surface area contributed by atoms with Gasteiger partial charge in [0.05, 0.1) is 11.7 Å². The number of aliphatic hydroxyl groups is 1. The summed E-state index contributed by atoms with van der Waals surface area (Å²) in [5, 5.41) is 15.9. The summed E-state index contributed by atoms with van der Waals surface area (Å²) in [7, 11) is 0. The number of carbonyl (C=O) groups excluding carboxylic acids is 1. The van der Waals surface area contributed by atoms with Gasteiger partial charge in [-0.3, -0.25) is 4.79 Å². The number of benzene rings is 1. The van der Waals surface area contributed by atoms with Gasteiger partial charge in [0.25, 0.3) is 5.91 Å². The SMILES string of the molecule is O=C(NCC[C@H]1COc2ccccc2O1)c1ccc(NC2CCC(O)CC2)nc1. The van der Waals surface area contributed by atoms with Crippen molar-refractivity contribution in [2.45, 2.75) is 50.4 Å². The van der Waals surface area contributed by atoms with Gasteiger partial charge < -0.3 is 25.2 Å². The van der Waals surface area contributed by atoms with Crippen LogP contribution >= 0.6 is 0 Å². The number of carbonyl (C=O) groups is 1. The zero-order valence-electron chi connectivity index (χ0n) is 16.3. The molecule has 4 rings (SSSR count). The largest absolute Gasteiger partial charge is 0.486 e. The quantitative estimate of drug-likeness (QED) is 0.694. The minimum Gasteiger partial charge on any atom is -0.486 e. The minimum absolute atomic E-state index is 0.0797. The molecule has 1 aromatic heterocycles. The second-order valence-electron chi connectivity index (χ2n) is 7.62.